The summed E-state index contributed by atoms with van der Waals surface area (Å²) >= 11 is 0. The van der Waals surface area contributed by atoms with E-state index in [4.69, 9.17) is 5.73 Å². The van der Waals surface area contributed by atoms with E-state index in [9.17, 15) is 0 Å². The standard InChI is InChI=1S/C12H19N3/c1-9-3-4-15(8-9)12-6-11(7-13)5-10(2)14-12/h5-6,9H,3-4,7-8,13H2,1-2H3. The van der Waals surface area contributed by atoms with Crippen LogP contribution in [0.5, 0.6) is 0 Å². The Labute approximate surface area is 91.3 Å². The van der Waals surface area contributed by atoms with Gasteiger partial charge in [-0.25, -0.2) is 4.98 Å². The molecule has 1 aromatic rings. The van der Waals surface area contributed by atoms with E-state index in [1.807, 2.05) is 6.92 Å². The zero-order chi connectivity index (χ0) is 10.8. The zero-order valence-corrected chi connectivity index (χ0v) is 9.53. The Morgan fingerprint density at radius 3 is 2.93 bits per heavy atom. The quantitative estimate of drug-likeness (QED) is 0.799. The van der Waals surface area contributed by atoms with Crippen LogP contribution in [0, 0.1) is 12.8 Å². The van der Waals surface area contributed by atoms with Gasteiger partial charge in [-0.15, -0.1) is 0 Å². The van der Waals surface area contributed by atoms with Crippen LogP contribution in [0.2, 0.25) is 0 Å². The molecule has 2 heterocycles. The van der Waals surface area contributed by atoms with Crippen LogP contribution in [-0.4, -0.2) is 18.1 Å². The van der Waals surface area contributed by atoms with Crippen LogP contribution in [0.15, 0.2) is 12.1 Å². The molecular formula is C12H19N3. The molecule has 1 atom stereocenters. The number of rotatable bonds is 2. The number of hydrogen-bond acceptors (Lipinski definition) is 3. The first kappa shape index (κ1) is 10.4. The molecule has 3 nitrogen and oxygen atoms in total. The van der Waals surface area contributed by atoms with Crippen molar-refractivity contribution in [2.75, 3.05) is 18.0 Å². The van der Waals surface area contributed by atoms with Gasteiger partial charge in [0.25, 0.3) is 0 Å². The van der Waals surface area contributed by atoms with Crippen molar-refractivity contribution in [3.05, 3.63) is 23.4 Å². The second-order valence-corrected chi connectivity index (χ2v) is 4.52. The van der Waals surface area contributed by atoms with Crippen LogP contribution < -0.4 is 10.6 Å². The fourth-order valence-corrected chi connectivity index (χ4v) is 2.14. The number of anilines is 1. The van der Waals surface area contributed by atoms with Crippen molar-refractivity contribution in [1.29, 1.82) is 0 Å². The van der Waals surface area contributed by atoms with Crippen LogP contribution in [-0.2, 0) is 6.54 Å². The smallest absolute Gasteiger partial charge is 0.129 e. The maximum absolute atomic E-state index is 5.67. The van der Waals surface area contributed by atoms with Crippen molar-refractivity contribution in [2.45, 2.75) is 26.8 Å². The maximum Gasteiger partial charge on any atom is 0.129 e. The first-order valence-electron chi connectivity index (χ1n) is 5.61. The molecule has 1 fully saturated rings. The highest BCUT2D eigenvalue weighted by atomic mass is 15.2. The largest absolute Gasteiger partial charge is 0.356 e. The van der Waals surface area contributed by atoms with E-state index in [1.165, 1.54) is 12.0 Å². The number of nitrogens with zero attached hydrogens (tertiary/aromatic N) is 2. The van der Waals surface area contributed by atoms with Crippen molar-refractivity contribution in [2.24, 2.45) is 11.7 Å². The third kappa shape index (κ3) is 2.29. The van der Waals surface area contributed by atoms with Gasteiger partial charge in [-0.05, 0) is 37.0 Å². The fourth-order valence-electron chi connectivity index (χ4n) is 2.14. The summed E-state index contributed by atoms with van der Waals surface area (Å²) in [5, 5.41) is 0. The minimum atomic E-state index is 0.597. The summed E-state index contributed by atoms with van der Waals surface area (Å²) in [4.78, 5) is 6.93. The predicted molar refractivity (Wildman–Crippen MR) is 62.9 cm³/mol. The molecule has 2 rings (SSSR count). The van der Waals surface area contributed by atoms with E-state index >= 15 is 0 Å². The molecule has 0 spiro atoms. The lowest BCUT2D eigenvalue weighted by Gasteiger charge is -2.18. The molecule has 1 saturated heterocycles. The average Bonchev–Trinajstić information content (AvgIpc) is 2.64. The van der Waals surface area contributed by atoms with Gasteiger partial charge in [-0.1, -0.05) is 6.92 Å². The molecule has 1 aliphatic heterocycles. The van der Waals surface area contributed by atoms with Crippen LogP contribution in [0.25, 0.3) is 0 Å². The van der Waals surface area contributed by atoms with Gasteiger partial charge in [0.15, 0.2) is 0 Å². The van der Waals surface area contributed by atoms with Crippen molar-refractivity contribution < 1.29 is 0 Å². The number of aromatic nitrogens is 1. The molecule has 0 amide bonds. The molecule has 3 heteroatoms. The Morgan fingerprint density at radius 1 is 1.53 bits per heavy atom. The van der Waals surface area contributed by atoms with Gasteiger partial charge < -0.3 is 10.6 Å². The van der Waals surface area contributed by atoms with Crippen LogP contribution >= 0.6 is 0 Å². The highest BCUT2D eigenvalue weighted by Gasteiger charge is 2.20. The van der Waals surface area contributed by atoms with Gasteiger partial charge in [0.05, 0.1) is 0 Å². The van der Waals surface area contributed by atoms with Gasteiger partial charge in [0.2, 0.25) is 0 Å². The highest BCUT2D eigenvalue weighted by molar-refractivity contribution is 5.43. The predicted octanol–water partition coefficient (Wildman–Crippen LogP) is 1.69. The van der Waals surface area contributed by atoms with Gasteiger partial charge in [0.1, 0.15) is 5.82 Å². The summed E-state index contributed by atoms with van der Waals surface area (Å²) < 4.78 is 0. The normalized spacial score (nSPS) is 21.0. The van der Waals surface area contributed by atoms with Gasteiger partial charge in [-0.2, -0.15) is 0 Å². The Balaban J connectivity index is 2.24. The summed E-state index contributed by atoms with van der Waals surface area (Å²) in [5.41, 5.74) is 7.91. The number of hydrogen-bond donors (Lipinski definition) is 1. The SMILES string of the molecule is Cc1cc(CN)cc(N2CCC(C)C2)n1. The maximum atomic E-state index is 5.67. The average molecular weight is 205 g/mol. The first-order chi connectivity index (χ1) is 7.19. The van der Waals surface area contributed by atoms with E-state index in [0.29, 0.717) is 6.54 Å². The lowest BCUT2D eigenvalue weighted by Crippen LogP contribution is -2.21. The third-order valence-electron chi connectivity index (χ3n) is 2.98. The molecule has 0 aliphatic carbocycles. The number of nitrogens with two attached hydrogens (primary N) is 1. The van der Waals surface area contributed by atoms with Crippen molar-refractivity contribution in [1.82, 2.24) is 4.98 Å². The Kier molecular flexibility index (Phi) is 2.91. The van der Waals surface area contributed by atoms with Crippen molar-refractivity contribution in [3.63, 3.8) is 0 Å². The van der Waals surface area contributed by atoms with E-state index in [-0.39, 0.29) is 0 Å². The second-order valence-electron chi connectivity index (χ2n) is 4.52. The summed E-state index contributed by atoms with van der Waals surface area (Å²) in [6.45, 7) is 7.17. The monoisotopic (exact) mass is 205 g/mol. The highest BCUT2D eigenvalue weighted by Crippen LogP contribution is 2.22. The van der Waals surface area contributed by atoms with Crippen molar-refractivity contribution in [3.8, 4) is 0 Å². The molecule has 15 heavy (non-hydrogen) atoms. The Bertz CT molecular complexity index is 349. The van der Waals surface area contributed by atoms with E-state index in [2.05, 4.69) is 28.9 Å². The van der Waals surface area contributed by atoms with E-state index < -0.39 is 0 Å². The number of pyridine rings is 1. The van der Waals surface area contributed by atoms with Gasteiger partial charge in [0, 0.05) is 25.3 Å². The van der Waals surface area contributed by atoms with E-state index in [1.54, 1.807) is 0 Å². The summed E-state index contributed by atoms with van der Waals surface area (Å²) in [6, 6.07) is 4.17. The minimum Gasteiger partial charge on any atom is -0.356 e. The zero-order valence-electron chi connectivity index (χ0n) is 9.53. The van der Waals surface area contributed by atoms with E-state index in [0.717, 1.165) is 30.5 Å². The molecule has 0 aromatic carbocycles. The molecule has 0 radical (unpaired) electrons. The van der Waals surface area contributed by atoms with Crippen LogP contribution in [0.4, 0.5) is 5.82 Å². The molecular weight excluding hydrogens is 186 g/mol. The third-order valence-corrected chi connectivity index (χ3v) is 2.98. The topological polar surface area (TPSA) is 42.1 Å². The van der Waals surface area contributed by atoms with Gasteiger partial charge >= 0.3 is 0 Å². The minimum absolute atomic E-state index is 0.597. The lowest BCUT2D eigenvalue weighted by atomic mass is 10.2. The summed E-state index contributed by atoms with van der Waals surface area (Å²) in [7, 11) is 0. The Hall–Kier alpha value is -1.09. The first-order valence-corrected chi connectivity index (χ1v) is 5.61. The Morgan fingerprint density at radius 2 is 2.33 bits per heavy atom. The molecule has 0 saturated carbocycles. The molecule has 1 unspecified atom stereocenters. The molecule has 1 aromatic heterocycles. The molecule has 0 bridgehead atoms. The van der Waals surface area contributed by atoms with Gasteiger partial charge in [-0.3, -0.25) is 0 Å². The van der Waals surface area contributed by atoms with Crippen LogP contribution in [0.3, 0.4) is 0 Å². The number of aryl methyl sites for hydroxylation is 1. The molecule has 2 N–H and O–H groups in total. The lowest BCUT2D eigenvalue weighted by molar-refractivity contribution is 0.658. The molecule has 1 aliphatic rings. The fraction of sp³-hybridized carbons (Fsp3) is 0.583. The summed E-state index contributed by atoms with van der Waals surface area (Å²) in [6.07, 6.45) is 1.27. The molecule has 82 valence electrons. The van der Waals surface area contributed by atoms with Crippen LogP contribution in [0.1, 0.15) is 24.6 Å². The summed E-state index contributed by atoms with van der Waals surface area (Å²) in [5.74, 6) is 1.88. The second kappa shape index (κ2) is 4.19. The van der Waals surface area contributed by atoms with Crippen molar-refractivity contribution >= 4 is 5.82 Å².